The Kier molecular flexibility index (Phi) is 16.7. The highest BCUT2D eigenvalue weighted by Crippen LogP contribution is 2.21. The molecule has 0 amide bonds. The van der Waals surface area contributed by atoms with Gasteiger partial charge in [0.1, 0.15) is 0 Å². The van der Waals surface area contributed by atoms with E-state index in [-0.39, 0.29) is 11.0 Å². The summed E-state index contributed by atoms with van der Waals surface area (Å²) >= 11 is 0. The quantitative estimate of drug-likeness (QED) is 0.441. The van der Waals surface area contributed by atoms with Gasteiger partial charge < -0.3 is 11.0 Å². The molecule has 1 aromatic rings. The first-order valence-corrected chi connectivity index (χ1v) is 8.26. The Balaban J connectivity index is 0. The Hall–Kier alpha value is -0.795. The molecule has 1 unspecified atom stereocenters. The maximum atomic E-state index is 2.48. The lowest BCUT2D eigenvalue weighted by atomic mass is 9.56. The van der Waals surface area contributed by atoms with Gasteiger partial charge in [0.25, 0.3) is 0 Å². The van der Waals surface area contributed by atoms with E-state index in [9.17, 15) is 0 Å². The standard InChI is InChI=1S/C18H30B.2H2O/c1-3-5-6-7-8-10-14-17(13-4-2)19-18-15-11-9-12-16-18;;/h9,11-12,15-17H,3-8,10,13-14H2,1-2H3;2*1H2. The Morgan fingerprint density at radius 3 is 2.00 bits per heavy atom. The van der Waals surface area contributed by atoms with Crippen LogP contribution in [0.3, 0.4) is 0 Å². The highest BCUT2D eigenvalue weighted by atomic mass is 16.0. The molecule has 1 atom stereocenters. The normalized spacial score (nSPS) is 11.1. The van der Waals surface area contributed by atoms with Gasteiger partial charge in [0.2, 0.25) is 0 Å². The fourth-order valence-corrected chi connectivity index (χ4v) is 2.70. The smallest absolute Gasteiger partial charge is 0.154 e. The average molecular weight is 293 g/mol. The first-order valence-electron chi connectivity index (χ1n) is 8.26. The van der Waals surface area contributed by atoms with E-state index in [4.69, 9.17) is 0 Å². The summed E-state index contributed by atoms with van der Waals surface area (Å²) in [4.78, 5) is 0. The Morgan fingerprint density at radius 1 is 0.762 bits per heavy atom. The van der Waals surface area contributed by atoms with Gasteiger partial charge in [-0.15, -0.1) is 0 Å². The molecule has 121 valence electrons. The van der Waals surface area contributed by atoms with Crippen molar-refractivity contribution >= 4 is 12.7 Å². The second-order valence-electron chi connectivity index (χ2n) is 5.68. The highest BCUT2D eigenvalue weighted by Gasteiger charge is 2.10. The molecule has 0 aliphatic rings. The fraction of sp³-hybridized carbons (Fsp3) is 0.667. The lowest BCUT2D eigenvalue weighted by Gasteiger charge is -2.15. The van der Waals surface area contributed by atoms with Crippen molar-refractivity contribution in [2.24, 2.45) is 0 Å². The van der Waals surface area contributed by atoms with Gasteiger partial charge in [-0.3, -0.25) is 0 Å². The van der Waals surface area contributed by atoms with Crippen molar-refractivity contribution in [2.75, 3.05) is 0 Å². The summed E-state index contributed by atoms with van der Waals surface area (Å²) in [5, 5.41) is 0. The molecule has 0 aromatic heterocycles. The van der Waals surface area contributed by atoms with Gasteiger partial charge in [-0.05, 0) is 0 Å². The molecule has 0 spiro atoms. The number of benzene rings is 1. The van der Waals surface area contributed by atoms with E-state index < -0.39 is 0 Å². The molecular weight excluding hydrogens is 259 g/mol. The summed E-state index contributed by atoms with van der Waals surface area (Å²) in [5.74, 6) is 0.776. The summed E-state index contributed by atoms with van der Waals surface area (Å²) in [6.45, 7) is 4.58. The van der Waals surface area contributed by atoms with Crippen molar-refractivity contribution in [3.8, 4) is 0 Å². The highest BCUT2D eigenvalue weighted by molar-refractivity contribution is 6.54. The van der Waals surface area contributed by atoms with Crippen LogP contribution in [0.5, 0.6) is 0 Å². The fourth-order valence-electron chi connectivity index (χ4n) is 2.70. The first kappa shape index (κ1) is 22.5. The molecule has 0 heterocycles. The summed E-state index contributed by atoms with van der Waals surface area (Å²) in [7, 11) is 2.48. The third-order valence-electron chi connectivity index (χ3n) is 3.82. The molecule has 0 saturated heterocycles. The molecular formula is C18H34BO2. The van der Waals surface area contributed by atoms with Crippen LogP contribution in [0.25, 0.3) is 0 Å². The lowest BCUT2D eigenvalue weighted by molar-refractivity contribution is 0.560. The maximum absolute atomic E-state index is 2.48. The summed E-state index contributed by atoms with van der Waals surface area (Å²) in [6, 6.07) is 10.8. The van der Waals surface area contributed by atoms with Gasteiger partial charge in [0, 0.05) is 0 Å². The van der Waals surface area contributed by atoms with Gasteiger partial charge in [-0.25, -0.2) is 0 Å². The van der Waals surface area contributed by atoms with Crippen LogP contribution in [-0.4, -0.2) is 18.2 Å². The van der Waals surface area contributed by atoms with Crippen molar-refractivity contribution < 1.29 is 11.0 Å². The maximum Gasteiger partial charge on any atom is 0.154 e. The minimum atomic E-state index is 0. The second-order valence-corrected chi connectivity index (χ2v) is 5.68. The molecule has 1 aromatic carbocycles. The summed E-state index contributed by atoms with van der Waals surface area (Å²) in [6.07, 6.45) is 12.4. The van der Waals surface area contributed by atoms with Gasteiger partial charge in [-0.1, -0.05) is 113 Å². The van der Waals surface area contributed by atoms with Crippen molar-refractivity contribution in [2.45, 2.75) is 77.5 Å². The molecule has 0 aliphatic heterocycles. The molecule has 1 radical (unpaired) electrons. The molecule has 1 rings (SSSR count). The second kappa shape index (κ2) is 15.6. The van der Waals surface area contributed by atoms with Crippen LogP contribution in [0, 0.1) is 0 Å². The van der Waals surface area contributed by atoms with Gasteiger partial charge in [0.05, 0.1) is 0 Å². The molecule has 4 N–H and O–H groups in total. The Labute approximate surface area is 132 Å². The van der Waals surface area contributed by atoms with Crippen molar-refractivity contribution in [3.05, 3.63) is 30.3 Å². The van der Waals surface area contributed by atoms with E-state index in [1.807, 2.05) is 0 Å². The van der Waals surface area contributed by atoms with Crippen LogP contribution < -0.4 is 5.46 Å². The summed E-state index contributed by atoms with van der Waals surface area (Å²) in [5.41, 5.74) is 1.40. The van der Waals surface area contributed by atoms with E-state index in [0.717, 1.165) is 5.82 Å². The molecule has 0 aliphatic carbocycles. The first-order chi connectivity index (χ1) is 9.36. The van der Waals surface area contributed by atoms with Crippen molar-refractivity contribution in [1.29, 1.82) is 0 Å². The minimum absolute atomic E-state index is 0. The Bertz CT molecular complexity index is 303. The van der Waals surface area contributed by atoms with E-state index in [1.165, 1.54) is 63.3 Å². The Morgan fingerprint density at radius 2 is 1.38 bits per heavy atom. The van der Waals surface area contributed by atoms with E-state index >= 15 is 0 Å². The van der Waals surface area contributed by atoms with Gasteiger partial charge >= 0.3 is 0 Å². The molecule has 0 bridgehead atoms. The zero-order chi connectivity index (χ0) is 13.8. The van der Waals surface area contributed by atoms with Crippen LogP contribution in [0.4, 0.5) is 0 Å². The van der Waals surface area contributed by atoms with Gasteiger partial charge in [-0.2, -0.15) is 0 Å². The predicted octanol–water partition coefficient (Wildman–Crippen LogP) is 3.71. The number of hydrogen-bond acceptors (Lipinski definition) is 0. The number of unbranched alkanes of at least 4 members (excludes halogenated alkanes) is 5. The number of hydrogen-bond donors (Lipinski definition) is 0. The molecule has 21 heavy (non-hydrogen) atoms. The van der Waals surface area contributed by atoms with Crippen LogP contribution in [0.1, 0.15) is 71.6 Å². The molecule has 0 fully saturated rings. The zero-order valence-corrected chi connectivity index (χ0v) is 13.9. The van der Waals surface area contributed by atoms with Crippen molar-refractivity contribution in [3.63, 3.8) is 0 Å². The predicted molar refractivity (Wildman–Crippen MR) is 95.7 cm³/mol. The number of rotatable bonds is 11. The zero-order valence-electron chi connectivity index (χ0n) is 13.9. The van der Waals surface area contributed by atoms with Crippen LogP contribution >= 0.6 is 0 Å². The minimum Gasteiger partial charge on any atom is -0.412 e. The van der Waals surface area contributed by atoms with E-state index in [0.29, 0.717) is 0 Å². The van der Waals surface area contributed by atoms with E-state index in [1.54, 1.807) is 0 Å². The third kappa shape index (κ3) is 11.5. The SMILES string of the molecule is CCCCCCCCC([B]c1ccccc1)CCC.O.O. The molecule has 0 saturated carbocycles. The average Bonchev–Trinajstić information content (AvgIpc) is 2.44. The van der Waals surface area contributed by atoms with Gasteiger partial charge in [0.15, 0.2) is 7.28 Å². The largest absolute Gasteiger partial charge is 0.412 e. The monoisotopic (exact) mass is 293 g/mol. The lowest BCUT2D eigenvalue weighted by Crippen LogP contribution is -2.19. The molecule has 3 heteroatoms. The summed E-state index contributed by atoms with van der Waals surface area (Å²) < 4.78 is 0. The van der Waals surface area contributed by atoms with Crippen molar-refractivity contribution in [1.82, 2.24) is 0 Å². The van der Waals surface area contributed by atoms with Crippen LogP contribution in [0.15, 0.2) is 30.3 Å². The van der Waals surface area contributed by atoms with E-state index in [2.05, 4.69) is 51.5 Å². The molecule has 2 nitrogen and oxygen atoms in total. The topological polar surface area (TPSA) is 63.0 Å². The van der Waals surface area contributed by atoms with Crippen LogP contribution in [-0.2, 0) is 0 Å². The third-order valence-corrected chi connectivity index (χ3v) is 3.82. The van der Waals surface area contributed by atoms with Crippen LogP contribution in [0.2, 0.25) is 5.82 Å².